The maximum Gasteiger partial charge on any atom is -0.0878 e. The van der Waals surface area contributed by atoms with E-state index in [4.69, 9.17) is 3.50 Å². The van der Waals surface area contributed by atoms with Crippen molar-refractivity contribution in [1.82, 2.24) is 0 Å². The summed E-state index contributed by atoms with van der Waals surface area (Å²) in [5, 5.41) is 9.93. The molecule has 2 aromatic rings. The Bertz CT molecular complexity index is 953. The minimum atomic E-state index is -0.415. The minimum Gasteiger partial charge on any atom is -0.338 e. The van der Waals surface area contributed by atoms with Crippen molar-refractivity contribution in [1.29, 1.82) is 0 Å². The van der Waals surface area contributed by atoms with Gasteiger partial charge in [-0.3, -0.25) is 0 Å². The number of hydrogen-bond acceptors (Lipinski definition) is 2. The molecular weight excluding hydrogens is 534 g/mol. The van der Waals surface area contributed by atoms with Crippen LogP contribution < -0.4 is 0 Å². The van der Waals surface area contributed by atoms with Gasteiger partial charge in [0.05, 0.1) is 0 Å². The molecule has 0 spiro atoms. The van der Waals surface area contributed by atoms with E-state index in [1.807, 2.05) is 18.2 Å². The third kappa shape index (κ3) is 14.9. The number of phenols is 1. The van der Waals surface area contributed by atoms with Crippen LogP contribution in [0.5, 0.6) is 5.75 Å². The maximum atomic E-state index is 9.93. The molecule has 0 fully saturated rings. The molecule has 0 aliphatic heterocycles. The van der Waals surface area contributed by atoms with Gasteiger partial charge in [-0.15, -0.1) is 0 Å². The fourth-order valence-corrected chi connectivity index (χ4v) is 5.05. The van der Waals surface area contributed by atoms with Gasteiger partial charge >= 0.3 is 127 Å². The van der Waals surface area contributed by atoms with Gasteiger partial charge in [0.1, 0.15) is 5.75 Å². The molecule has 0 saturated heterocycles. The molecule has 0 radical (unpaired) electrons. The Morgan fingerprint density at radius 2 is 0.973 bits per heavy atom. The number of nitrogens with zero attached hydrogens (tertiary/aromatic N) is 1. The molecule has 2 rings (SSSR count). The second kappa shape index (κ2) is 15.9. The first-order valence-corrected chi connectivity index (χ1v) is 15.8. The van der Waals surface area contributed by atoms with E-state index in [1.54, 1.807) is 0 Å². The van der Waals surface area contributed by atoms with Gasteiger partial charge in [-0.25, -0.2) is 0 Å². The SMILES string of the molecule is CC(C)c1cccc(C(C)C)c1O.CC(C)c1cccc(C(C)C)c1[N]=[Mo]=[CH]C(C)(C)C.[CH2-]C(C)(C)C. The van der Waals surface area contributed by atoms with Crippen molar-refractivity contribution in [3.8, 4) is 5.75 Å². The number of benzene rings is 2. The number of hydrogen-bond donors (Lipinski definition) is 1. The van der Waals surface area contributed by atoms with Crippen LogP contribution in [0.25, 0.3) is 0 Å². The minimum absolute atomic E-state index is 0.250. The second-order valence-electron chi connectivity index (χ2n) is 13.4. The van der Waals surface area contributed by atoms with E-state index in [-0.39, 0.29) is 10.8 Å². The summed E-state index contributed by atoms with van der Waals surface area (Å²) < 4.78 is 7.42. The van der Waals surface area contributed by atoms with Crippen molar-refractivity contribution in [3.63, 3.8) is 0 Å². The van der Waals surface area contributed by atoms with E-state index >= 15 is 0 Å². The number of aromatic hydroxyl groups is 1. The third-order valence-corrected chi connectivity index (χ3v) is 7.94. The second-order valence-corrected chi connectivity index (χ2v) is 15.0. The zero-order valence-electron chi connectivity index (χ0n) is 26.4. The molecule has 0 bridgehead atoms. The van der Waals surface area contributed by atoms with Crippen molar-refractivity contribution in [2.24, 2.45) is 14.3 Å². The van der Waals surface area contributed by atoms with Crippen molar-refractivity contribution in [3.05, 3.63) is 65.6 Å². The summed E-state index contributed by atoms with van der Waals surface area (Å²) in [6.07, 6.45) is 0. The van der Waals surface area contributed by atoms with Crippen molar-refractivity contribution >= 4 is 10.1 Å². The Kier molecular flexibility index (Phi) is 15.3. The topological polar surface area (TPSA) is 32.6 Å². The van der Waals surface area contributed by atoms with Crippen LogP contribution in [-0.4, -0.2) is 9.51 Å². The molecule has 210 valence electrons. The van der Waals surface area contributed by atoms with Gasteiger partial charge in [-0.2, -0.15) is 5.41 Å². The molecule has 2 aromatic carbocycles. The quantitative estimate of drug-likeness (QED) is 0.273. The number of rotatable bonds is 5. The number of phenolic OH excluding ortho intramolecular Hbond substituents is 1. The van der Waals surface area contributed by atoms with Gasteiger partial charge in [-0.05, 0) is 23.0 Å². The Balaban J connectivity index is 0.000000620. The van der Waals surface area contributed by atoms with Gasteiger partial charge < -0.3 is 12.0 Å². The zero-order valence-corrected chi connectivity index (χ0v) is 28.4. The summed E-state index contributed by atoms with van der Waals surface area (Å²) in [5.41, 5.74) is 6.71. The van der Waals surface area contributed by atoms with Gasteiger partial charge in [0.25, 0.3) is 0 Å². The Hall–Kier alpha value is -1.40. The van der Waals surface area contributed by atoms with Gasteiger partial charge in [0.2, 0.25) is 0 Å². The van der Waals surface area contributed by atoms with E-state index in [1.165, 1.54) is 16.8 Å². The molecule has 37 heavy (non-hydrogen) atoms. The summed E-state index contributed by atoms with van der Waals surface area (Å²) in [6, 6.07) is 12.7. The van der Waals surface area contributed by atoms with Gasteiger partial charge in [-0.1, -0.05) is 66.7 Å². The van der Waals surface area contributed by atoms with Crippen LogP contribution in [0.3, 0.4) is 0 Å². The molecule has 0 heterocycles. The van der Waals surface area contributed by atoms with Crippen LogP contribution in [0.15, 0.2) is 39.9 Å². The normalized spacial score (nSPS) is 11.6. The van der Waals surface area contributed by atoms with Crippen LogP contribution in [0.4, 0.5) is 5.69 Å². The average molecular weight is 591 g/mol. The predicted molar refractivity (Wildman–Crippen MR) is 163 cm³/mol. The van der Waals surface area contributed by atoms with E-state index in [9.17, 15) is 5.11 Å². The molecule has 0 aliphatic carbocycles. The molecule has 0 aliphatic rings. The molecular formula is C34H56MoNO-. The zero-order chi connectivity index (χ0) is 29.1. The molecule has 0 amide bonds. The number of para-hydroxylation sites is 1. The van der Waals surface area contributed by atoms with Crippen molar-refractivity contribution in [2.45, 2.75) is 121 Å². The monoisotopic (exact) mass is 592 g/mol. The third-order valence-electron chi connectivity index (χ3n) is 5.24. The van der Waals surface area contributed by atoms with E-state index < -0.39 is 17.9 Å². The van der Waals surface area contributed by atoms with Crippen LogP contribution in [0.1, 0.15) is 143 Å². The maximum absolute atomic E-state index is 9.93. The van der Waals surface area contributed by atoms with Gasteiger partial charge in [0, 0.05) is 0 Å². The first kappa shape index (κ1) is 35.6. The summed E-state index contributed by atoms with van der Waals surface area (Å²) in [7, 11) is 0. The predicted octanol–water partition coefficient (Wildman–Crippen LogP) is 11.2. The summed E-state index contributed by atoms with van der Waals surface area (Å²) in [6.45, 7) is 34.2. The first-order valence-electron chi connectivity index (χ1n) is 13.8. The fourth-order valence-electron chi connectivity index (χ4n) is 3.37. The van der Waals surface area contributed by atoms with Crippen LogP contribution in [0.2, 0.25) is 0 Å². The summed E-state index contributed by atoms with van der Waals surface area (Å²) in [5.74, 6) is 2.34. The average Bonchev–Trinajstić information content (AvgIpc) is 2.71. The molecule has 2 nitrogen and oxygen atoms in total. The molecule has 3 heteroatoms. The molecule has 1 N–H and O–H groups in total. The molecule has 0 unspecified atom stereocenters. The largest absolute Gasteiger partial charge is 0.338 e. The first-order chi connectivity index (χ1) is 16.8. The fraction of sp³-hybridized carbons (Fsp3) is 0.588. The van der Waals surface area contributed by atoms with E-state index in [0.717, 1.165) is 11.1 Å². The van der Waals surface area contributed by atoms with Crippen LogP contribution in [-0.2, 0) is 17.9 Å². The smallest absolute Gasteiger partial charge is 0.0878 e. The van der Waals surface area contributed by atoms with Crippen LogP contribution in [0, 0.1) is 17.8 Å². The van der Waals surface area contributed by atoms with E-state index in [2.05, 4.69) is 126 Å². The van der Waals surface area contributed by atoms with Crippen LogP contribution >= 0.6 is 0 Å². The molecule has 0 aromatic heterocycles. The Morgan fingerprint density at radius 1 is 0.676 bits per heavy atom. The van der Waals surface area contributed by atoms with Crippen molar-refractivity contribution < 1.29 is 23.0 Å². The summed E-state index contributed by atoms with van der Waals surface area (Å²) >= 11 is -0.415. The van der Waals surface area contributed by atoms with Crippen molar-refractivity contribution in [2.75, 3.05) is 0 Å². The summed E-state index contributed by atoms with van der Waals surface area (Å²) in [4.78, 5) is 0. The van der Waals surface area contributed by atoms with E-state index in [0.29, 0.717) is 29.4 Å². The Labute approximate surface area is 238 Å². The molecule has 0 atom stereocenters. The standard InChI is InChI=1S/C12H17N.C12H18O.C5H11.C5H10.Mo/c2*1-8(2)10-6-5-7-11(9(3)4)12(10)13;2*1-5(2,3)4;/h5-9H,1-4H3;5-9,13H,1-4H3;1H2,2-4H3;1H,2-4H3;/q;;-1;;. The molecule has 0 saturated carbocycles. The Morgan fingerprint density at radius 3 is 1.24 bits per heavy atom. The van der Waals surface area contributed by atoms with Gasteiger partial charge in [0.15, 0.2) is 0 Å².